The Morgan fingerprint density at radius 3 is 2.69 bits per heavy atom. The van der Waals surface area contributed by atoms with E-state index in [0.717, 1.165) is 17.7 Å². The van der Waals surface area contributed by atoms with E-state index in [9.17, 15) is 9.90 Å². The standard InChI is InChI=1S/C20H20N4O2/c25-14-19-18-5-2-1-4-15(18)10-13-23(19)20(26)22-16-6-8-17(9-7-16)24-12-3-11-21-24/h1-9,11-12,19,25H,10,13-14H2,(H,22,26). The quantitative estimate of drug-likeness (QED) is 0.764. The van der Waals surface area contributed by atoms with Crippen molar-refractivity contribution in [2.24, 2.45) is 0 Å². The first-order chi connectivity index (χ1) is 12.8. The number of anilines is 1. The largest absolute Gasteiger partial charge is 0.394 e. The molecule has 0 bridgehead atoms. The van der Waals surface area contributed by atoms with E-state index in [2.05, 4.69) is 16.5 Å². The monoisotopic (exact) mass is 348 g/mol. The van der Waals surface area contributed by atoms with Crippen LogP contribution in [0.25, 0.3) is 5.69 Å². The average Bonchev–Trinajstić information content (AvgIpc) is 3.22. The Kier molecular flexibility index (Phi) is 4.41. The van der Waals surface area contributed by atoms with Gasteiger partial charge in [-0.25, -0.2) is 9.48 Å². The summed E-state index contributed by atoms with van der Waals surface area (Å²) in [6.07, 6.45) is 4.38. The molecule has 4 rings (SSSR count). The first-order valence-electron chi connectivity index (χ1n) is 8.62. The van der Waals surface area contributed by atoms with Gasteiger partial charge >= 0.3 is 6.03 Å². The molecule has 0 radical (unpaired) electrons. The number of carbonyl (C=O) groups is 1. The molecule has 1 aliphatic heterocycles. The zero-order valence-electron chi connectivity index (χ0n) is 14.2. The number of nitrogens with zero attached hydrogens (tertiary/aromatic N) is 3. The Morgan fingerprint density at radius 2 is 1.96 bits per heavy atom. The van der Waals surface area contributed by atoms with Crippen LogP contribution in [0.1, 0.15) is 17.2 Å². The van der Waals surface area contributed by atoms with Crippen LogP contribution in [-0.4, -0.2) is 39.0 Å². The van der Waals surface area contributed by atoms with Gasteiger partial charge in [0.15, 0.2) is 0 Å². The van der Waals surface area contributed by atoms with E-state index >= 15 is 0 Å². The predicted octanol–water partition coefficient (Wildman–Crippen LogP) is 3.00. The van der Waals surface area contributed by atoms with Crippen LogP contribution in [0, 0.1) is 0 Å². The summed E-state index contributed by atoms with van der Waals surface area (Å²) in [4.78, 5) is 14.4. The number of hydrogen-bond donors (Lipinski definition) is 2. The fourth-order valence-corrected chi connectivity index (χ4v) is 3.41. The zero-order chi connectivity index (χ0) is 17.9. The Hall–Kier alpha value is -3.12. The van der Waals surface area contributed by atoms with Crippen molar-refractivity contribution < 1.29 is 9.90 Å². The molecule has 1 aromatic heterocycles. The topological polar surface area (TPSA) is 70.4 Å². The van der Waals surface area contributed by atoms with Crippen LogP contribution in [0.2, 0.25) is 0 Å². The van der Waals surface area contributed by atoms with Gasteiger partial charge in [-0.1, -0.05) is 24.3 Å². The van der Waals surface area contributed by atoms with Crippen molar-refractivity contribution in [1.82, 2.24) is 14.7 Å². The molecule has 26 heavy (non-hydrogen) atoms. The van der Waals surface area contributed by atoms with Gasteiger partial charge in [0.25, 0.3) is 0 Å². The van der Waals surface area contributed by atoms with E-state index in [4.69, 9.17) is 0 Å². The van der Waals surface area contributed by atoms with Crippen molar-refractivity contribution in [3.8, 4) is 5.69 Å². The molecule has 2 heterocycles. The molecule has 2 aromatic carbocycles. The normalized spacial score (nSPS) is 16.2. The van der Waals surface area contributed by atoms with Crippen molar-refractivity contribution in [2.75, 3.05) is 18.5 Å². The molecule has 6 heteroatoms. The lowest BCUT2D eigenvalue weighted by Gasteiger charge is -2.36. The molecule has 0 fully saturated rings. The molecule has 6 nitrogen and oxygen atoms in total. The van der Waals surface area contributed by atoms with Crippen LogP contribution in [0.5, 0.6) is 0 Å². The van der Waals surface area contributed by atoms with Crippen LogP contribution in [-0.2, 0) is 6.42 Å². The van der Waals surface area contributed by atoms with Gasteiger partial charge in [-0.2, -0.15) is 5.10 Å². The highest BCUT2D eigenvalue weighted by Gasteiger charge is 2.30. The third-order valence-electron chi connectivity index (χ3n) is 4.73. The second-order valence-corrected chi connectivity index (χ2v) is 6.27. The van der Waals surface area contributed by atoms with Gasteiger partial charge in [0.05, 0.1) is 18.3 Å². The fraction of sp³-hybridized carbons (Fsp3) is 0.200. The first-order valence-corrected chi connectivity index (χ1v) is 8.62. The van der Waals surface area contributed by atoms with Gasteiger partial charge in [-0.3, -0.25) is 0 Å². The molecule has 1 atom stereocenters. The van der Waals surface area contributed by atoms with Gasteiger partial charge < -0.3 is 15.3 Å². The number of carbonyl (C=O) groups excluding carboxylic acids is 1. The van der Waals surface area contributed by atoms with Crippen LogP contribution >= 0.6 is 0 Å². The lowest BCUT2D eigenvalue weighted by Crippen LogP contribution is -2.43. The molecule has 3 aromatic rings. The third kappa shape index (κ3) is 3.07. The summed E-state index contributed by atoms with van der Waals surface area (Å²) in [5, 5.41) is 16.9. The second kappa shape index (κ2) is 7.01. The number of urea groups is 1. The highest BCUT2D eigenvalue weighted by Crippen LogP contribution is 2.29. The number of aliphatic hydroxyl groups is 1. The van der Waals surface area contributed by atoms with Crippen molar-refractivity contribution >= 4 is 11.7 Å². The molecule has 1 aliphatic rings. The number of amides is 2. The van der Waals surface area contributed by atoms with Crippen LogP contribution in [0.15, 0.2) is 67.0 Å². The van der Waals surface area contributed by atoms with Crippen LogP contribution < -0.4 is 5.32 Å². The molecule has 0 spiro atoms. The number of fused-ring (bicyclic) bond motifs is 1. The molecule has 0 saturated heterocycles. The molecular weight excluding hydrogens is 328 g/mol. The Labute approximate surface area is 151 Å². The molecule has 2 amide bonds. The Bertz CT molecular complexity index is 890. The minimum atomic E-state index is -0.316. The van der Waals surface area contributed by atoms with Crippen molar-refractivity contribution in [3.63, 3.8) is 0 Å². The molecule has 132 valence electrons. The Morgan fingerprint density at radius 1 is 1.15 bits per heavy atom. The smallest absolute Gasteiger partial charge is 0.322 e. The molecular formula is C20H20N4O2. The lowest BCUT2D eigenvalue weighted by atomic mass is 9.93. The van der Waals surface area contributed by atoms with Crippen molar-refractivity contribution in [1.29, 1.82) is 0 Å². The zero-order valence-corrected chi connectivity index (χ0v) is 14.2. The van der Waals surface area contributed by atoms with Crippen molar-refractivity contribution in [2.45, 2.75) is 12.5 Å². The molecule has 0 saturated carbocycles. The van der Waals surface area contributed by atoms with Gasteiger partial charge in [-0.15, -0.1) is 0 Å². The van der Waals surface area contributed by atoms with Gasteiger partial charge in [-0.05, 0) is 47.9 Å². The van der Waals surface area contributed by atoms with E-state index in [1.54, 1.807) is 15.8 Å². The summed E-state index contributed by atoms with van der Waals surface area (Å²) in [6.45, 7) is 0.488. The number of rotatable bonds is 3. The highest BCUT2D eigenvalue weighted by molar-refractivity contribution is 5.90. The number of aliphatic hydroxyl groups excluding tert-OH is 1. The van der Waals surface area contributed by atoms with E-state index in [-0.39, 0.29) is 18.7 Å². The van der Waals surface area contributed by atoms with E-state index in [1.807, 2.05) is 54.7 Å². The molecule has 1 unspecified atom stereocenters. The van der Waals surface area contributed by atoms with Crippen molar-refractivity contribution in [3.05, 3.63) is 78.1 Å². The summed E-state index contributed by atoms with van der Waals surface area (Å²) < 4.78 is 1.76. The summed E-state index contributed by atoms with van der Waals surface area (Å²) >= 11 is 0. The summed E-state index contributed by atoms with van der Waals surface area (Å²) in [5.41, 5.74) is 3.85. The number of benzene rings is 2. The molecule has 0 aliphatic carbocycles. The summed E-state index contributed by atoms with van der Waals surface area (Å²) in [6, 6.07) is 16.8. The Balaban J connectivity index is 1.49. The summed E-state index contributed by atoms with van der Waals surface area (Å²) in [5.74, 6) is 0. The van der Waals surface area contributed by atoms with Crippen LogP contribution in [0.4, 0.5) is 10.5 Å². The van der Waals surface area contributed by atoms with E-state index < -0.39 is 0 Å². The second-order valence-electron chi connectivity index (χ2n) is 6.27. The maximum absolute atomic E-state index is 12.7. The van der Waals surface area contributed by atoms with Crippen LogP contribution in [0.3, 0.4) is 0 Å². The van der Waals surface area contributed by atoms with E-state index in [1.165, 1.54) is 5.56 Å². The maximum Gasteiger partial charge on any atom is 0.322 e. The fourth-order valence-electron chi connectivity index (χ4n) is 3.41. The van der Waals surface area contributed by atoms with Gasteiger partial charge in [0, 0.05) is 24.6 Å². The lowest BCUT2D eigenvalue weighted by molar-refractivity contribution is 0.135. The minimum Gasteiger partial charge on any atom is -0.394 e. The van der Waals surface area contributed by atoms with Gasteiger partial charge in [0.1, 0.15) is 0 Å². The minimum absolute atomic E-state index is 0.0946. The first kappa shape index (κ1) is 16.4. The third-order valence-corrected chi connectivity index (χ3v) is 4.73. The number of aromatic nitrogens is 2. The van der Waals surface area contributed by atoms with E-state index in [0.29, 0.717) is 12.2 Å². The molecule has 2 N–H and O–H groups in total. The summed E-state index contributed by atoms with van der Waals surface area (Å²) in [7, 11) is 0. The maximum atomic E-state index is 12.7. The average molecular weight is 348 g/mol. The SMILES string of the molecule is O=C(Nc1ccc(-n2cccn2)cc1)N1CCc2ccccc2C1CO. The highest BCUT2D eigenvalue weighted by atomic mass is 16.3. The predicted molar refractivity (Wildman–Crippen MR) is 99.3 cm³/mol. The number of nitrogens with one attached hydrogen (secondary N) is 1. The number of hydrogen-bond acceptors (Lipinski definition) is 3. The van der Waals surface area contributed by atoms with Gasteiger partial charge in [0.2, 0.25) is 0 Å².